The Labute approximate surface area is 186 Å². The smallest absolute Gasteiger partial charge is 0.119 e. The first-order chi connectivity index (χ1) is 14.5. The Morgan fingerprint density at radius 2 is 2.03 bits per heavy atom. The summed E-state index contributed by atoms with van der Waals surface area (Å²) in [6, 6.07) is 10.4. The third-order valence-corrected chi connectivity index (χ3v) is 5.13. The zero-order valence-corrected chi connectivity index (χ0v) is 19.3. The minimum Gasteiger partial charge on any atom is -0.494 e. The number of aliphatic hydroxyl groups is 1. The topological polar surface area (TPSA) is 29.5 Å². The lowest BCUT2D eigenvalue weighted by Gasteiger charge is -2.08. The molecule has 0 saturated carbocycles. The van der Waals surface area contributed by atoms with Crippen molar-refractivity contribution in [2.45, 2.75) is 52.9 Å². The predicted octanol–water partition coefficient (Wildman–Crippen LogP) is 7.27. The summed E-state index contributed by atoms with van der Waals surface area (Å²) in [5.74, 6) is 7.23. The molecule has 0 bridgehead atoms. The first-order valence-corrected chi connectivity index (χ1v) is 11.6. The molecule has 3 heteroatoms. The fourth-order valence-electron chi connectivity index (χ4n) is 2.90. The van der Waals surface area contributed by atoms with Gasteiger partial charge in [-0.05, 0) is 99.0 Å². The summed E-state index contributed by atoms with van der Waals surface area (Å²) in [7, 11) is 0. The van der Waals surface area contributed by atoms with E-state index in [1.807, 2.05) is 18.2 Å². The summed E-state index contributed by atoms with van der Waals surface area (Å²) in [4.78, 5) is 0. The summed E-state index contributed by atoms with van der Waals surface area (Å²) >= 11 is 1.71. The molecule has 0 atom stereocenters. The molecule has 0 radical (unpaired) electrons. The van der Waals surface area contributed by atoms with Crippen molar-refractivity contribution in [3.05, 3.63) is 64.9 Å². The minimum atomic E-state index is 0.0292. The van der Waals surface area contributed by atoms with Gasteiger partial charge in [-0.1, -0.05) is 41.7 Å². The van der Waals surface area contributed by atoms with Crippen molar-refractivity contribution in [3.8, 4) is 28.7 Å². The van der Waals surface area contributed by atoms with Crippen LogP contribution < -0.4 is 4.74 Å². The molecular formula is C27H34O2S. The lowest BCUT2D eigenvalue weighted by atomic mass is 9.98. The molecule has 0 unspecified atom stereocenters. The van der Waals surface area contributed by atoms with Crippen LogP contribution in [-0.2, 0) is 0 Å². The van der Waals surface area contributed by atoms with Crippen molar-refractivity contribution in [3.63, 3.8) is 0 Å². The van der Waals surface area contributed by atoms with Crippen LogP contribution in [0.2, 0.25) is 0 Å². The van der Waals surface area contributed by atoms with Crippen LogP contribution >= 0.6 is 11.3 Å². The number of rotatable bonds is 11. The average molecular weight is 423 g/mol. The molecule has 30 heavy (non-hydrogen) atoms. The van der Waals surface area contributed by atoms with Crippen LogP contribution in [0.25, 0.3) is 11.1 Å². The summed E-state index contributed by atoms with van der Waals surface area (Å²) in [5, 5.41) is 13.5. The molecule has 0 amide bonds. The van der Waals surface area contributed by atoms with Gasteiger partial charge in [-0.2, -0.15) is 11.3 Å². The van der Waals surface area contributed by atoms with E-state index in [1.54, 1.807) is 11.3 Å². The van der Waals surface area contributed by atoms with Crippen LogP contribution in [0.3, 0.4) is 0 Å². The van der Waals surface area contributed by atoms with Gasteiger partial charge in [-0.25, -0.2) is 0 Å². The normalized spacial score (nSPS) is 12.1. The van der Waals surface area contributed by atoms with E-state index < -0.39 is 0 Å². The van der Waals surface area contributed by atoms with E-state index >= 15 is 0 Å². The number of aliphatic hydroxyl groups excluding tert-OH is 1. The highest BCUT2D eigenvalue weighted by Crippen LogP contribution is 2.25. The first kappa shape index (κ1) is 24.0. The second kappa shape index (κ2) is 13.1. The van der Waals surface area contributed by atoms with Gasteiger partial charge >= 0.3 is 0 Å². The second-order valence-electron chi connectivity index (χ2n) is 8.35. The van der Waals surface area contributed by atoms with Gasteiger partial charge in [-0.15, -0.1) is 0 Å². The van der Waals surface area contributed by atoms with Crippen molar-refractivity contribution in [1.82, 2.24) is 0 Å². The monoisotopic (exact) mass is 422 g/mol. The highest BCUT2D eigenvalue weighted by atomic mass is 32.1. The summed E-state index contributed by atoms with van der Waals surface area (Å²) in [6.07, 6.45) is 10.9. The molecule has 0 aliphatic carbocycles. The number of benzene rings is 1. The predicted molar refractivity (Wildman–Crippen MR) is 130 cm³/mol. The molecule has 2 rings (SSSR count). The number of ether oxygens (including phenoxy) is 1. The summed E-state index contributed by atoms with van der Waals surface area (Å²) in [5.41, 5.74) is 3.74. The Bertz CT molecular complexity index is 858. The number of hydrogen-bond donors (Lipinski definition) is 1. The van der Waals surface area contributed by atoms with Crippen LogP contribution in [0.15, 0.2) is 64.9 Å². The maximum absolute atomic E-state index is 9.29. The van der Waals surface area contributed by atoms with Gasteiger partial charge in [0.1, 0.15) is 5.75 Å². The number of thiophene rings is 1. The van der Waals surface area contributed by atoms with E-state index in [-0.39, 0.29) is 12.0 Å². The molecule has 0 fully saturated rings. The van der Waals surface area contributed by atoms with E-state index in [9.17, 15) is 5.11 Å². The van der Waals surface area contributed by atoms with Gasteiger partial charge in [0.25, 0.3) is 0 Å². The molecule has 0 saturated heterocycles. The van der Waals surface area contributed by atoms with Gasteiger partial charge < -0.3 is 9.84 Å². The molecule has 0 aliphatic rings. The number of allylic oxidation sites excluding steroid dienone is 3. The van der Waals surface area contributed by atoms with Gasteiger partial charge in [-0.3, -0.25) is 0 Å². The lowest BCUT2D eigenvalue weighted by molar-refractivity contribution is 0.298. The van der Waals surface area contributed by atoms with E-state index in [1.165, 1.54) is 16.7 Å². The van der Waals surface area contributed by atoms with E-state index in [0.717, 1.165) is 44.5 Å². The zero-order valence-electron chi connectivity index (χ0n) is 18.5. The molecule has 1 N–H and O–H groups in total. The third-order valence-electron chi connectivity index (χ3n) is 4.45. The number of hydrogen-bond acceptors (Lipinski definition) is 3. The van der Waals surface area contributed by atoms with Crippen molar-refractivity contribution < 1.29 is 9.84 Å². The zero-order chi connectivity index (χ0) is 21.7. The maximum atomic E-state index is 9.29. The Kier molecular flexibility index (Phi) is 10.5. The van der Waals surface area contributed by atoms with Crippen LogP contribution in [-0.4, -0.2) is 18.3 Å². The molecule has 2 aromatic rings. The van der Waals surface area contributed by atoms with Crippen molar-refractivity contribution >= 4 is 11.3 Å². The van der Waals surface area contributed by atoms with Crippen molar-refractivity contribution in [2.24, 2.45) is 5.41 Å². The molecule has 160 valence electrons. The fraction of sp³-hybridized carbons (Fsp3) is 0.407. The van der Waals surface area contributed by atoms with Crippen LogP contribution in [0.4, 0.5) is 0 Å². The largest absolute Gasteiger partial charge is 0.494 e. The molecule has 0 aliphatic heterocycles. The quantitative estimate of drug-likeness (QED) is 0.234. The second-order valence-corrected chi connectivity index (χ2v) is 9.13. The summed E-state index contributed by atoms with van der Waals surface area (Å²) in [6.45, 7) is 7.23. The standard InChI is InChI=1S/C27H34O2S/c1-27(2,3)17-8-4-6-11-23(15-18-28)12-7-5-9-19-29-26-14-10-13-24(21-26)25-16-20-30-22-25/h4,6,10,12-14,16,20-22,28H,5,7,9,11,15,18-19H2,1-3H3. The molecule has 2 nitrogen and oxygen atoms in total. The van der Waals surface area contributed by atoms with Crippen molar-refractivity contribution in [1.29, 1.82) is 0 Å². The van der Waals surface area contributed by atoms with E-state index in [4.69, 9.17) is 4.74 Å². The van der Waals surface area contributed by atoms with Crippen LogP contribution in [0.1, 0.15) is 52.9 Å². The Balaban J connectivity index is 1.71. The molecular weight excluding hydrogens is 388 g/mol. The average Bonchev–Trinajstić information content (AvgIpc) is 3.24. The van der Waals surface area contributed by atoms with Gasteiger partial charge in [0, 0.05) is 12.0 Å². The summed E-state index contributed by atoms with van der Waals surface area (Å²) < 4.78 is 5.93. The minimum absolute atomic E-state index is 0.0292. The van der Waals surface area contributed by atoms with Crippen LogP contribution in [0, 0.1) is 17.3 Å². The van der Waals surface area contributed by atoms with Gasteiger partial charge in [0.15, 0.2) is 0 Å². The van der Waals surface area contributed by atoms with Crippen LogP contribution in [0.5, 0.6) is 5.75 Å². The van der Waals surface area contributed by atoms with Gasteiger partial charge in [0.2, 0.25) is 0 Å². The highest BCUT2D eigenvalue weighted by Gasteiger charge is 2.02. The molecule has 1 aromatic carbocycles. The first-order valence-electron chi connectivity index (χ1n) is 10.7. The number of unbranched alkanes of at least 4 members (excludes halogenated alkanes) is 2. The highest BCUT2D eigenvalue weighted by molar-refractivity contribution is 7.08. The Hall–Kier alpha value is -2.28. The SMILES string of the molecule is CC(C)(C)C#CC=CCC(=CCCCCOc1cccc(-c2ccsc2)c1)CCO. The van der Waals surface area contributed by atoms with E-state index in [2.05, 4.69) is 73.7 Å². The van der Waals surface area contributed by atoms with E-state index in [0.29, 0.717) is 0 Å². The third kappa shape index (κ3) is 9.96. The van der Waals surface area contributed by atoms with Gasteiger partial charge in [0.05, 0.1) is 6.61 Å². The molecule has 0 spiro atoms. The fourth-order valence-corrected chi connectivity index (χ4v) is 3.56. The molecule has 1 aromatic heterocycles. The Morgan fingerprint density at radius 3 is 2.77 bits per heavy atom. The maximum Gasteiger partial charge on any atom is 0.119 e. The lowest BCUT2D eigenvalue weighted by Crippen LogP contribution is -1.98. The Morgan fingerprint density at radius 1 is 1.17 bits per heavy atom. The molecule has 1 heterocycles. The van der Waals surface area contributed by atoms with Crippen molar-refractivity contribution in [2.75, 3.05) is 13.2 Å².